The number of hydrogen-bond donors (Lipinski definition) is 1. The van der Waals surface area contributed by atoms with E-state index in [0.717, 1.165) is 5.56 Å². The van der Waals surface area contributed by atoms with Gasteiger partial charge in [0.05, 0.1) is 13.2 Å². The monoisotopic (exact) mass is 261 g/mol. The lowest BCUT2D eigenvalue weighted by atomic mass is 10.2. The summed E-state index contributed by atoms with van der Waals surface area (Å²) in [7, 11) is 0. The van der Waals surface area contributed by atoms with E-state index in [0.29, 0.717) is 26.2 Å². The van der Waals surface area contributed by atoms with Crippen LogP contribution < -0.4 is 5.73 Å². The topological polar surface area (TPSA) is 66.6 Å². The van der Waals surface area contributed by atoms with Gasteiger partial charge in [-0.1, -0.05) is 37.3 Å². The second-order valence-electron chi connectivity index (χ2n) is 4.80. The van der Waals surface area contributed by atoms with Crippen molar-refractivity contribution in [2.24, 2.45) is 5.73 Å². The zero-order valence-corrected chi connectivity index (χ0v) is 11.1. The average Bonchev–Trinajstić information content (AvgIpc) is 2.72. The fourth-order valence-electron chi connectivity index (χ4n) is 2.42. The van der Waals surface area contributed by atoms with Crippen molar-refractivity contribution < 1.29 is 9.59 Å². The van der Waals surface area contributed by atoms with Crippen molar-refractivity contribution in [2.45, 2.75) is 25.9 Å². The molecule has 2 N–H and O–H groups in total. The minimum atomic E-state index is -0.492. The Balaban J connectivity index is 2.01. The molecule has 1 aromatic carbocycles. The Kier molecular flexibility index (Phi) is 4.16. The van der Waals surface area contributed by atoms with Gasteiger partial charge in [-0.3, -0.25) is 14.5 Å². The molecule has 0 bridgehead atoms. The summed E-state index contributed by atoms with van der Waals surface area (Å²) < 4.78 is 0. The van der Waals surface area contributed by atoms with Crippen LogP contribution in [0, 0.1) is 0 Å². The third-order valence-electron chi connectivity index (χ3n) is 3.37. The third kappa shape index (κ3) is 3.12. The molecule has 19 heavy (non-hydrogen) atoms. The van der Waals surface area contributed by atoms with Crippen LogP contribution in [0.15, 0.2) is 30.3 Å². The first-order chi connectivity index (χ1) is 9.11. The summed E-state index contributed by atoms with van der Waals surface area (Å²) in [6.45, 7) is 3.38. The maximum absolute atomic E-state index is 12.0. The van der Waals surface area contributed by atoms with Gasteiger partial charge >= 0.3 is 0 Å². The molecule has 1 aromatic rings. The third-order valence-corrected chi connectivity index (χ3v) is 3.37. The molecule has 0 spiro atoms. The quantitative estimate of drug-likeness (QED) is 0.842. The van der Waals surface area contributed by atoms with Crippen LogP contribution in [0.3, 0.4) is 0 Å². The van der Waals surface area contributed by atoms with Crippen LogP contribution in [-0.4, -0.2) is 40.9 Å². The van der Waals surface area contributed by atoms with E-state index in [1.54, 1.807) is 4.90 Å². The van der Waals surface area contributed by atoms with Crippen LogP contribution in [0.1, 0.15) is 18.9 Å². The Bertz CT molecular complexity index is 461. The Hall–Kier alpha value is -1.88. The molecule has 0 radical (unpaired) electrons. The Morgan fingerprint density at radius 3 is 2.63 bits per heavy atom. The number of rotatable bonds is 5. The molecule has 102 valence electrons. The van der Waals surface area contributed by atoms with Crippen molar-refractivity contribution in [3.05, 3.63) is 35.9 Å². The average molecular weight is 261 g/mol. The number of amides is 2. The van der Waals surface area contributed by atoms with E-state index in [4.69, 9.17) is 5.73 Å². The lowest BCUT2D eigenvalue weighted by Crippen LogP contribution is -2.45. The van der Waals surface area contributed by atoms with Crippen LogP contribution in [-0.2, 0) is 16.1 Å². The molecule has 1 aliphatic rings. The normalized spacial score (nSPS) is 17.7. The summed E-state index contributed by atoms with van der Waals surface area (Å²) in [4.78, 5) is 26.9. The van der Waals surface area contributed by atoms with E-state index >= 15 is 0 Å². The predicted molar refractivity (Wildman–Crippen MR) is 71.8 cm³/mol. The standard InChI is InChI=1S/C14H19N3O2/c1-2-12(14(15)19)17-10-16(9-13(17)18)8-11-6-4-3-5-7-11/h3-7,12H,2,8-10H2,1H3,(H2,15,19). The minimum absolute atomic E-state index is 0.0263. The Labute approximate surface area is 113 Å². The van der Waals surface area contributed by atoms with Gasteiger partial charge in [-0.25, -0.2) is 0 Å². The fourth-order valence-corrected chi connectivity index (χ4v) is 2.42. The second-order valence-corrected chi connectivity index (χ2v) is 4.80. The number of carbonyl (C=O) groups is 2. The van der Waals surface area contributed by atoms with Gasteiger partial charge in [0.2, 0.25) is 11.8 Å². The molecule has 2 rings (SSSR count). The van der Waals surface area contributed by atoms with Crippen LogP contribution in [0.4, 0.5) is 0 Å². The van der Waals surface area contributed by atoms with E-state index in [9.17, 15) is 9.59 Å². The Morgan fingerprint density at radius 2 is 2.05 bits per heavy atom. The van der Waals surface area contributed by atoms with Gasteiger partial charge in [-0.15, -0.1) is 0 Å². The largest absolute Gasteiger partial charge is 0.368 e. The van der Waals surface area contributed by atoms with E-state index in [1.807, 2.05) is 42.2 Å². The highest BCUT2D eigenvalue weighted by Gasteiger charge is 2.34. The molecule has 1 heterocycles. The molecular weight excluding hydrogens is 242 g/mol. The smallest absolute Gasteiger partial charge is 0.240 e. The first-order valence-corrected chi connectivity index (χ1v) is 6.47. The molecule has 2 amide bonds. The van der Waals surface area contributed by atoms with E-state index in [-0.39, 0.29) is 5.91 Å². The summed E-state index contributed by atoms with van der Waals surface area (Å²) in [5, 5.41) is 0. The van der Waals surface area contributed by atoms with Crippen LogP contribution in [0.25, 0.3) is 0 Å². The molecule has 0 aliphatic carbocycles. The van der Waals surface area contributed by atoms with Gasteiger partial charge in [-0.05, 0) is 12.0 Å². The molecule has 0 aromatic heterocycles. The molecule has 1 atom stereocenters. The van der Waals surface area contributed by atoms with E-state index in [1.165, 1.54) is 0 Å². The molecule has 1 saturated heterocycles. The van der Waals surface area contributed by atoms with Crippen molar-refractivity contribution >= 4 is 11.8 Å². The van der Waals surface area contributed by atoms with Crippen molar-refractivity contribution in [1.82, 2.24) is 9.80 Å². The molecule has 5 nitrogen and oxygen atoms in total. The van der Waals surface area contributed by atoms with Gasteiger partial charge in [0, 0.05) is 6.54 Å². The number of primary amides is 1. The van der Waals surface area contributed by atoms with Gasteiger partial charge in [0.1, 0.15) is 6.04 Å². The lowest BCUT2D eigenvalue weighted by Gasteiger charge is -2.24. The van der Waals surface area contributed by atoms with Gasteiger partial charge in [-0.2, -0.15) is 0 Å². The SMILES string of the molecule is CCC(C(N)=O)N1CN(Cc2ccccc2)CC1=O. The Morgan fingerprint density at radius 1 is 1.37 bits per heavy atom. The fraction of sp³-hybridized carbons (Fsp3) is 0.429. The highest BCUT2D eigenvalue weighted by atomic mass is 16.2. The lowest BCUT2D eigenvalue weighted by molar-refractivity contribution is -0.135. The number of nitrogens with two attached hydrogens (primary N) is 1. The molecule has 1 unspecified atom stereocenters. The van der Waals surface area contributed by atoms with Crippen LogP contribution in [0.5, 0.6) is 0 Å². The zero-order valence-electron chi connectivity index (χ0n) is 11.1. The van der Waals surface area contributed by atoms with E-state index in [2.05, 4.69) is 0 Å². The number of benzene rings is 1. The minimum Gasteiger partial charge on any atom is -0.368 e. The highest BCUT2D eigenvalue weighted by molar-refractivity contribution is 5.88. The van der Waals surface area contributed by atoms with Crippen LogP contribution in [0.2, 0.25) is 0 Å². The van der Waals surface area contributed by atoms with Crippen molar-refractivity contribution in [2.75, 3.05) is 13.2 Å². The van der Waals surface area contributed by atoms with Crippen molar-refractivity contribution in [1.29, 1.82) is 0 Å². The summed E-state index contributed by atoms with van der Waals surface area (Å²) in [6, 6.07) is 9.47. The number of hydrogen-bond acceptors (Lipinski definition) is 3. The summed E-state index contributed by atoms with van der Waals surface area (Å²) >= 11 is 0. The summed E-state index contributed by atoms with van der Waals surface area (Å²) in [5.41, 5.74) is 6.49. The summed E-state index contributed by atoms with van der Waals surface area (Å²) in [6.07, 6.45) is 0.556. The van der Waals surface area contributed by atoms with Crippen molar-refractivity contribution in [3.8, 4) is 0 Å². The summed E-state index contributed by atoms with van der Waals surface area (Å²) in [5.74, 6) is -0.459. The first kappa shape index (κ1) is 13.5. The molecule has 5 heteroatoms. The first-order valence-electron chi connectivity index (χ1n) is 6.47. The number of carbonyl (C=O) groups excluding carboxylic acids is 2. The van der Waals surface area contributed by atoms with Crippen LogP contribution >= 0.6 is 0 Å². The van der Waals surface area contributed by atoms with Gasteiger partial charge < -0.3 is 10.6 Å². The molecular formula is C14H19N3O2. The molecule has 0 saturated carbocycles. The number of nitrogens with zero attached hydrogens (tertiary/aromatic N) is 2. The predicted octanol–water partition coefficient (Wildman–Crippen LogP) is 0.552. The molecule has 1 fully saturated rings. The zero-order chi connectivity index (χ0) is 13.8. The maximum atomic E-state index is 12.0. The maximum Gasteiger partial charge on any atom is 0.240 e. The van der Waals surface area contributed by atoms with E-state index < -0.39 is 11.9 Å². The molecule has 1 aliphatic heterocycles. The van der Waals surface area contributed by atoms with Gasteiger partial charge in [0.15, 0.2) is 0 Å². The second kappa shape index (κ2) is 5.84. The van der Waals surface area contributed by atoms with Crippen molar-refractivity contribution in [3.63, 3.8) is 0 Å². The highest BCUT2D eigenvalue weighted by Crippen LogP contribution is 2.15. The van der Waals surface area contributed by atoms with Gasteiger partial charge in [0.25, 0.3) is 0 Å².